The van der Waals surface area contributed by atoms with Gasteiger partial charge in [0.15, 0.2) is 0 Å². The molecule has 2 N–H and O–H groups in total. The van der Waals surface area contributed by atoms with Crippen LogP contribution in [0, 0.1) is 0 Å². The Morgan fingerprint density at radius 1 is 1.33 bits per heavy atom. The lowest BCUT2D eigenvalue weighted by Crippen LogP contribution is -2.50. The second-order valence-electron chi connectivity index (χ2n) is 5.53. The summed E-state index contributed by atoms with van der Waals surface area (Å²) < 4.78 is 16.0. The van der Waals surface area contributed by atoms with Crippen LogP contribution in [0.2, 0.25) is 0 Å². The number of hydrogen-bond donors (Lipinski definition) is 2. The minimum absolute atomic E-state index is 0.130. The highest BCUT2D eigenvalue weighted by molar-refractivity contribution is 5.79. The molecule has 0 radical (unpaired) electrons. The van der Waals surface area contributed by atoms with E-state index in [0.717, 1.165) is 11.3 Å². The predicted molar refractivity (Wildman–Crippen MR) is 86.1 cm³/mol. The van der Waals surface area contributed by atoms with Gasteiger partial charge in [-0.05, 0) is 31.0 Å². The lowest BCUT2D eigenvalue weighted by molar-refractivity contribution is -0.149. The van der Waals surface area contributed by atoms with E-state index < -0.39 is 18.7 Å². The molecule has 0 aliphatic carbocycles. The van der Waals surface area contributed by atoms with Gasteiger partial charge in [-0.3, -0.25) is 4.79 Å². The first kappa shape index (κ1) is 18.2. The van der Waals surface area contributed by atoms with Crippen molar-refractivity contribution in [3.63, 3.8) is 0 Å². The van der Waals surface area contributed by atoms with Gasteiger partial charge >= 0.3 is 5.97 Å². The third-order valence-electron chi connectivity index (χ3n) is 3.67. The fourth-order valence-corrected chi connectivity index (χ4v) is 2.53. The number of ether oxygens (including phenoxy) is 3. The van der Waals surface area contributed by atoms with Crippen molar-refractivity contribution in [2.24, 2.45) is 0 Å². The van der Waals surface area contributed by atoms with Crippen LogP contribution in [0.15, 0.2) is 24.3 Å². The molecule has 0 saturated carbocycles. The molecule has 2 atom stereocenters. The molecule has 24 heavy (non-hydrogen) atoms. The summed E-state index contributed by atoms with van der Waals surface area (Å²) in [6.07, 6.45) is 0.397. The number of carbonyl (C=O) groups excluding carboxylic acids is 1. The Kier molecular flexibility index (Phi) is 7.02. The van der Waals surface area contributed by atoms with Crippen molar-refractivity contribution in [1.29, 1.82) is 0 Å². The standard InChI is InChI=1S/C17H23NO6/c1-2-23-13-5-3-12(4-6-13)9-16(19)18-14-7-8-22-10-15(14)24-11-17(20)21/h3-6,14-15H,2,7-11H2,1H3,(H,18,19)(H,20,21)/t14-,15-/m1/s1. The highest BCUT2D eigenvalue weighted by Crippen LogP contribution is 2.14. The molecule has 0 spiro atoms. The van der Waals surface area contributed by atoms with Crippen molar-refractivity contribution in [2.45, 2.75) is 31.9 Å². The lowest BCUT2D eigenvalue weighted by atomic mass is 10.0. The zero-order chi connectivity index (χ0) is 17.4. The van der Waals surface area contributed by atoms with Crippen LogP contribution < -0.4 is 10.1 Å². The van der Waals surface area contributed by atoms with Crippen LogP contribution in [0.25, 0.3) is 0 Å². The van der Waals surface area contributed by atoms with Crippen LogP contribution >= 0.6 is 0 Å². The summed E-state index contributed by atoms with van der Waals surface area (Å²) in [5.74, 6) is -0.400. The molecule has 1 amide bonds. The third kappa shape index (κ3) is 5.82. The summed E-state index contributed by atoms with van der Waals surface area (Å²) in [4.78, 5) is 22.8. The van der Waals surface area contributed by atoms with Gasteiger partial charge < -0.3 is 24.6 Å². The maximum absolute atomic E-state index is 12.2. The van der Waals surface area contributed by atoms with Gasteiger partial charge in [0.25, 0.3) is 0 Å². The molecule has 1 aliphatic rings. The van der Waals surface area contributed by atoms with Crippen molar-refractivity contribution in [3.05, 3.63) is 29.8 Å². The molecule has 0 unspecified atom stereocenters. The molecule has 0 aromatic heterocycles. The zero-order valence-electron chi connectivity index (χ0n) is 13.7. The van der Waals surface area contributed by atoms with Gasteiger partial charge in [0.05, 0.1) is 25.7 Å². The zero-order valence-corrected chi connectivity index (χ0v) is 13.7. The minimum atomic E-state index is -1.04. The number of aliphatic carboxylic acids is 1. The van der Waals surface area contributed by atoms with Crippen LogP contribution in [0.4, 0.5) is 0 Å². The number of amides is 1. The Hall–Kier alpha value is -2.12. The Labute approximate surface area is 140 Å². The number of nitrogens with one attached hydrogen (secondary N) is 1. The molecule has 0 bridgehead atoms. The van der Waals surface area contributed by atoms with Crippen molar-refractivity contribution in [2.75, 3.05) is 26.4 Å². The summed E-state index contributed by atoms with van der Waals surface area (Å²) in [7, 11) is 0. The van der Waals surface area contributed by atoms with Crippen molar-refractivity contribution in [1.82, 2.24) is 5.32 Å². The Balaban J connectivity index is 1.85. The number of rotatable bonds is 8. The number of carboxylic acid groups (broad SMARTS) is 1. The monoisotopic (exact) mass is 337 g/mol. The van der Waals surface area contributed by atoms with E-state index in [9.17, 15) is 9.59 Å². The second kappa shape index (κ2) is 9.24. The van der Waals surface area contributed by atoms with Crippen molar-refractivity contribution >= 4 is 11.9 Å². The first-order valence-electron chi connectivity index (χ1n) is 8.00. The Morgan fingerprint density at radius 3 is 2.75 bits per heavy atom. The van der Waals surface area contributed by atoms with Crippen LogP contribution in [-0.4, -0.2) is 55.6 Å². The first-order chi connectivity index (χ1) is 11.6. The average molecular weight is 337 g/mol. The minimum Gasteiger partial charge on any atom is -0.494 e. The van der Waals surface area contributed by atoms with E-state index in [4.69, 9.17) is 19.3 Å². The Bertz CT molecular complexity index is 545. The molecule has 1 aromatic rings. The van der Waals surface area contributed by atoms with E-state index in [1.807, 2.05) is 31.2 Å². The van der Waals surface area contributed by atoms with E-state index in [2.05, 4.69) is 5.32 Å². The van der Waals surface area contributed by atoms with E-state index in [1.54, 1.807) is 0 Å². The van der Waals surface area contributed by atoms with Crippen LogP contribution in [0.1, 0.15) is 18.9 Å². The highest BCUT2D eigenvalue weighted by atomic mass is 16.5. The Morgan fingerprint density at radius 2 is 2.08 bits per heavy atom. The maximum Gasteiger partial charge on any atom is 0.329 e. The second-order valence-corrected chi connectivity index (χ2v) is 5.53. The van der Waals surface area contributed by atoms with Gasteiger partial charge in [-0.2, -0.15) is 0 Å². The smallest absolute Gasteiger partial charge is 0.329 e. The molecule has 1 aliphatic heterocycles. The predicted octanol–water partition coefficient (Wildman–Crippen LogP) is 1.00. The molecule has 7 heteroatoms. The van der Waals surface area contributed by atoms with Gasteiger partial charge in [-0.25, -0.2) is 4.79 Å². The van der Waals surface area contributed by atoms with Crippen LogP contribution in [0.3, 0.4) is 0 Å². The lowest BCUT2D eigenvalue weighted by Gasteiger charge is -2.31. The summed E-state index contributed by atoms with van der Waals surface area (Å²) in [5, 5.41) is 11.6. The van der Waals surface area contributed by atoms with Crippen LogP contribution in [-0.2, 0) is 25.5 Å². The molecule has 1 saturated heterocycles. The van der Waals surface area contributed by atoms with Gasteiger partial charge in [-0.1, -0.05) is 12.1 Å². The van der Waals surface area contributed by atoms with E-state index in [-0.39, 0.29) is 25.0 Å². The van der Waals surface area contributed by atoms with E-state index in [0.29, 0.717) is 19.6 Å². The van der Waals surface area contributed by atoms with Crippen molar-refractivity contribution in [3.8, 4) is 5.75 Å². The summed E-state index contributed by atoms with van der Waals surface area (Å²) in [6.45, 7) is 2.90. The molecule has 7 nitrogen and oxygen atoms in total. The van der Waals surface area contributed by atoms with Gasteiger partial charge in [-0.15, -0.1) is 0 Å². The highest BCUT2D eigenvalue weighted by Gasteiger charge is 2.28. The van der Waals surface area contributed by atoms with Gasteiger partial charge in [0.1, 0.15) is 18.5 Å². The number of benzene rings is 1. The number of carbonyl (C=O) groups is 2. The molecule has 1 fully saturated rings. The molecule has 2 rings (SSSR count). The van der Waals surface area contributed by atoms with Gasteiger partial charge in [0.2, 0.25) is 5.91 Å². The summed E-state index contributed by atoms with van der Waals surface area (Å²) >= 11 is 0. The quantitative estimate of drug-likeness (QED) is 0.735. The largest absolute Gasteiger partial charge is 0.494 e. The molecular weight excluding hydrogens is 314 g/mol. The normalized spacial score (nSPS) is 20.4. The molecule has 132 valence electrons. The maximum atomic E-state index is 12.2. The summed E-state index contributed by atoms with van der Waals surface area (Å²) in [5.41, 5.74) is 0.881. The van der Waals surface area contributed by atoms with Crippen molar-refractivity contribution < 1.29 is 28.9 Å². The molecule has 1 aromatic carbocycles. The van der Waals surface area contributed by atoms with Gasteiger partial charge in [0, 0.05) is 6.61 Å². The third-order valence-corrected chi connectivity index (χ3v) is 3.67. The number of carboxylic acids is 1. The fraction of sp³-hybridized carbons (Fsp3) is 0.529. The molecule has 1 heterocycles. The molecular formula is C17H23NO6. The number of hydrogen-bond acceptors (Lipinski definition) is 5. The van der Waals surface area contributed by atoms with E-state index >= 15 is 0 Å². The fourth-order valence-electron chi connectivity index (χ4n) is 2.53. The van der Waals surface area contributed by atoms with E-state index in [1.165, 1.54) is 0 Å². The topological polar surface area (TPSA) is 94.1 Å². The average Bonchev–Trinajstić information content (AvgIpc) is 2.56. The SMILES string of the molecule is CCOc1ccc(CC(=O)N[C@@H]2CCOC[C@H]2OCC(=O)O)cc1. The summed E-state index contributed by atoms with van der Waals surface area (Å²) in [6, 6.07) is 7.13. The van der Waals surface area contributed by atoms with Crippen LogP contribution in [0.5, 0.6) is 5.75 Å². The first-order valence-corrected chi connectivity index (χ1v) is 8.00.